The molecule has 2 aliphatic rings. The smallest absolute Gasteiger partial charge is 0.0876 e. The maximum absolute atomic E-state index is 5.50. The molecule has 0 aromatic carbocycles. The summed E-state index contributed by atoms with van der Waals surface area (Å²) in [6.45, 7) is 6.54. The van der Waals surface area contributed by atoms with Crippen LogP contribution < -0.4 is 5.32 Å². The van der Waals surface area contributed by atoms with Crippen molar-refractivity contribution in [2.75, 3.05) is 18.9 Å². The van der Waals surface area contributed by atoms with Crippen molar-refractivity contribution in [3.8, 4) is 0 Å². The number of thioether (sulfide) groups is 1. The Kier molecular flexibility index (Phi) is 4.20. The van der Waals surface area contributed by atoms with E-state index >= 15 is 0 Å². The highest BCUT2D eigenvalue weighted by Gasteiger charge is 2.39. The van der Waals surface area contributed by atoms with Gasteiger partial charge < -0.3 is 10.1 Å². The fourth-order valence-corrected chi connectivity index (χ4v) is 4.21. The van der Waals surface area contributed by atoms with Crippen molar-refractivity contribution in [1.29, 1.82) is 0 Å². The first-order valence-electron chi connectivity index (χ1n) is 6.44. The molecule has 1 N–H and O–H groups in total. The average molecular weight is 241 g/mol. The van der Waals surface area contributed by atoms with E-state index in [-0.39, 0.29) is 0 Å². The molecule has 0 amide bonds. The minimum Gasteiger partial charge on any atom is -0.501 e. The molecule has 0 aromatic rings. The van der Waals surface area contributed by atoms with Crippen LogP contribution in [0.5, 0.6) is 0 Å². The monoisotopic (exact) mass is 241 g/mol. The molecule has 2 aliphatic heterocycles. The first-order chi connectivity index (χ1) is 7.76. The SMILES string of the molecule is CCNC(C1=COCCC1)C1(C)CCCS1. The molecule has 2 atom stereocenters. The van der Waals surface area contributed by atoms with Crippen molar-refractivity contribution in [2.24, 2.45) is 0 Å². The van der Waals surface area contributed by atoms with Gasteiger partial charge in [0.2, 0.25) is 0 Å². The third-order valence-corrected chi connectivity index (χ3v) is 5.19. The van der Waals surface area contributed by atoms with E-state index in [1.54, 1.807) is 0 Å². The number of hydrogen-bond acceptors (Lipinski definition) is 3. The molecular weight excluding hydrogens is 218 g/mol. The number of nitrogens with one attached hydrogen (secondary N) is 1. The largest absolute Gasteiger partial charge is 0.501 e. The first kappa shape index (κ1) is 12.3. The van der Waals surface area contributed by atoms with Gasteiger partial charge in [0.05, 0.1) is 12.9 Å². The minimum atomic E-state index is 0.378. The van der Waals surface area contributed by atoms with Crippen LogP contribution in [0, 0.1) is 0 Å². The fourth-order valence-electron chi connectivity index (χ4n) is 2.77. The van der Waals surface area contributed by atoms with Crippen molar-refractivity contribution in [1.82, 2.24) is 5.32 Å². The molecule has 0 saturated carbocycles. The zero-order valence-electron chi connectivity index (χ0n) is 10.4. The summed E-state index contributed by atoms with van der Waals surface area (Å²) < 4.78 is 5.88. The van der Waals surface area contributed by atoms with Crippen LogP contribution in [0.3, 0.4) is 0 Å². The van der Waals surface area contributed by atoms with Gasteiger partial charge in [-0.15, -0.1) is 0 Å². The standard InChI is InChI=1S/C13H23NOS/c1-3-14-12(11-6-4-8-15-10-11)13(2)7-5-9-16-13/h10,12,14H,3-9H2,1-2H3. The van der Waals surface area contributed by atoms with Crippen LogP contribution >= 0.6 is 11.8 Å². The Balaban J connectivity index is 2.12. The molecule has 0 bridgehead atoms. The van der Waals surface area contributed by atoms with Gasteiger partial charge in [0, 0.05) is 10.8 Å². The summed E-state index contributed by atoms with van der Waals surface area (Å²) in [4.78, 5) is 0. The van der Waals surface area contributed by atoms with Crippen molar-refractivity contribution in [3.05, 3.63) is 11.8 Å². The lowest BCUT2D eigenvalue weighted by Gasteiger charge is -2.36. The Labute approximate surface area is 103 Å². The number of hydrogen-bond donors (Lipinski definition) is 1. The normalized spacial score (nSPS) is 32.0. The molecular formula is C13H23NOS. The van der Waals surface area contributed by atoms with Crippen LogP contribution in [0.2, 0.25) is 0 Å². The summed E-state index contributed by atoms with van der Waals surface area (Å²) in [5.41, 5.74) is 1.48. The second-order valence-electron chi connectivity index (χ2n) is 4.92. The van der Waals surface area contributed by atoms with Gasteiger partial charge in [-0.05, 0) is 50.5 Å². The topological polar surface area (TPSA) is 21.3 Å². The van der Waals surface area contributed by atoms with E-state index in [4.69, 9.17) is 4.74 Å². The van der Waals surface area contributed by atoms with Gasteiger partial charge in [-0.2, -0.15) is 11.8 Å². The molecule has 1 saturated heterocycles. The van der Waals surface area contributed by atoms with Crippen molar-refractivity contribution < 1.29 is 4.74 Å². The van der Waals surface area contributed by atoms with E-state index in [2.05, 4.69) is 30.9 Å². The van der Waals surface area contributed by atoms with Crippen LogP contribution in [-0.2, 0) is 4.74 Å². The summed E-state index contributed by atoms with van der Waals surface area (Å²) in [6.07, 6.45) is 7.08. The summed E-state index contributed by atoms with van der Waals surface area (Å²) in [5, 5.41) is 3.67. The zero-order chi connectivity index (χ0) is 11.4. The van der Waals surface area contributed by atoms with Crippen LogP contribution in [0.4, 0.5) is 0 Å². The molecule has 2 nitrogen and oxygen atoms in total. The molecule has 0 aliphatic carbocycles. The minimum absolute atomic E-state index is 0.378. The highest BCUT2D eigenvalue weighted by Crippen LogP contribution is 2.43. The lowest BCUT2D eigenvalue weighted by Crippen LogP contribution is -2.47. The number of rotatable bonds is 4. The number of likely N-dealkylation sites (N-methyl/N-ethyl adjacent to an activating group) is 1. The molecule has 3 heteroatoms. The van der Waals surface area contributed by atoms with E-state index in [0.29, 0.717) is 10.8 Å². The molecule has 0 radical (unpaired) electrons. The third-order valence-electron chi connectivity index (χ3n) is 3.60. The Hall–Kier alpha value is -0.150. The van der Waals surface area contributed by atoms with Crippen molar-refractivity contribution in [3.63, 3.8) is 0 Å². The lowest BCUT2D eigenvalue weighted by molar-refractivity contribution is 0.216. The average Bonchev–Trinajstić information content (AvgIpc) is 2.75. The van der Waals surface area contributed by atoms with Crippen LogP contribution in [0.1, 0.15) is 39.5 Å². The van der Waals surface area contributed by atoms with E-state index in [9.17, 15) is 0 Å². The Morgan fingerprint density at radius 1 is 1.56 bits per heavy atom. The van der Waals surface area contributed by atoms with E-state index in [1.165, 1.54) is 37.0 Å². The quantitative estimate of drug-likeness (QED) is 0.817. The summed E-state index contributed by atoms with van der Waals surface area (Å²) >= 11 is 2.13. The van der Waals surface area contributed by atoms with E-state index < -0.39 is 0 Å². The Morgan fingerprint density at radius 2 is 2.44 bits per heavy atom. The van der Waals surface area contributed by atoms with Gasteiger partial charge in [0.1, 0.15) is 0 Å². The van der Waals surface area contributed by atoms with Gasteiger partial charge >= 0.3 is 0 Å². The lowest BCUT2D eigenvalue weighted by atomic mass is 9.88. The summed E-state index contributed by atoms with van der Waals surface area (Å²) in [6, 6.07) is 0.505. The molecule has 2 rings (SSSR count). The second kappa shape index (κ2) is 5.46. The summed E-state index contributed by atoms with van der Waals surface area (Å²) in [7, 11) is 0. The van der Waals surface area contributed by atoms with Gasteiger partial charge in [0.25, 0.3) is 0 Å². The maximum atomic E-state index is 5.50. The molecule has 2 heterocycles. The van der Waals surface area contributed by atoms with Gasteiger partial charge in [0.15, 0.2) is 0 Å². The van der Waals surface area contributed by atoms with Crippen LogP contribution in [0.15, 0.2) is 11.8 Å². The van der Waals surface area contributed by atoms with Crippen molar-refractivity contribution in [2.45, 2.75) is 50.3 Å². The van der Waals surface area contributed by atoms with Crippen LogP contribution in [0.25, 0.3) is 0 Å². The third kappa shape index (κ3) is 2.57. The van der Waals surface area contributed by atoms with Gasteiger partial charge in [-0.3, -0.25) is 0 Å². The molecule has 2 unspecified atom stereocenters. The molecule has 0 spiro atoms. The van der Waals surface area contributed by atoms with E-state index in [1.807, 2.05) is 6.26 Å². The Morgan fingerprint density at radius 3 is 3.00 bits per heavy atom. The highest BCUT2D eigenvalue weighted by atomic mass is 32.2. The molecule has 0 aromatic heterocycles. The van der Waals surface area contributed by atoms with Gasteiger partial charge in [-0.1, -0.05) is 6.92 Å². The number of ether oxygens (including phenoxy) is 1. The summed E-state index contributed by atoms with van der Waals surface area (Å²) in [5.74, 6) is 1.31. The maximum Gasteiger partial charge on any atom is 0.0876 e. The predicted molar refractivity (Wildman–Crippen MR) is 70.8 cm³/mol. The Bertz CT molecular complexity index is 259. The fraction of sp³-hybridized carbons (Fsp3) is 0.846. The van der Waals surface area contributed by atoms with E-state index in [0.717, 1.165) is 13.2 Å². The molecule has 16 heavy (non-hydrogen) atoms. The highest BCUT2D eigenvalue weighted by molar-refractivity contribution is 8.00. The zero-order valence-corrected chi connectivity index (χ0v) is 11.2. The first-order valence-corrected chi connectivity index (χ1v) is 7.43. The van der Waals surface area contributed by atoms with Gasteiger partial charge in [-0.25, -0.2) is 0 Å². The molecule has 92 valence electrons. The predicted octanol–water partition coefficient (Wildman–Crippen LogP) is 2.94. The van der Waals surface area contributed by atoms with Crippen molar-refractivity contribution >= 4 is 11.8 Å². The van der Waals surface area contributed by atoms with Crippen LogP contribution in [-0.4, -0.2) is 29.7 Å². The second-order valence-corrected chi connectivity index (χ2v) is 6.55. The molecule has 1 fully saturated rings.